The highest BCUT2D eigenvalue weighted by molar-refractivity contribution is 7.89. The molecule has 1 unspecified atom stereocenters. The van der Waals surface area contributed by atoms with Crippen LogP contribution < -0.4 is 9.47 Å². The van der Waals surface area contributed by atoms with Gasteiger partial charge in [0, 0.05) is 30.6 Å². The lowest BCUT2D eigenvalue weighted by Crippen LogP contribution is -2.32. The Morgan fingerprint density at radius 2 is 1.90 bits per heavy atom. The predicted octanol–water partition coefficient (Wildman–Crippen LogP) is 5.73. The molecule has 3 heterocycles. The topological polar surface area (TPSA) is 78.0 Å². The molecule has 2 aliphatic rings. The minimum atomic E-state index is -4.66. The summed E-state index contributed by atoms with van der Waals surface area (Å²) in [5, 5.41) is 0.725. The van der Waals surface area contributed by atoms with Gasteiger partial charge in [0.25, 0.3) is 0 Å². The number of rotatable bonds is 5. The molecule has 0 spiro atoms. The number of thiazole rings is 1. The third-order valence-electron chi connectivity index (χ3n) is 6.59. The number of benzene rings is 3. The van der Waals surface area contributed by atoms with Crippen LogP contribution in [-0.2, 0) is 27.5 Å². The standard InChI is InChI=1S/C27H23F3N2O5S2/c28-27(29,30)19-4-3-5-21(14-19)39(33,34)32-9-11-36-25-18(15-32)12-17(13-23(25)37-20-8-10-35-16-20)26-31-22-6-1-2-7-24(22)38-26/h1-7,12-14,20H,8-11,15-16H2. The van der Waals surface area contributed by atoms with Crippen LogP contribution in [0.1, 0.15) is 17.5 Å². The summed E-state index contributed by atoms with van der Waals surface area (Å²) in [7, 11) is -4.26. The molecule has 0 saturated carbocycles. The maximum absolute atomic E-state index is 13.5. The average molecular weight is 577 g/mol. The fourth-order valence-electron chi connectivity index (χ4n) is 4.64. The lowest BCUT2D eigenvalue weighted by Gasteiger charge is -2.21. The monoisotopic (exact) mass is 576 g/mol. The van der Waals surface area contributed by atoms with Crippen LogP contribution >= 0.6 is 11.3 Å². The highest BCUT2D eigenvalue weighted by Crippen LogP contribution is 2.42. The Hall–Kier alpha value is -3.19. The van der Waals surface area contributed by atoms with Crippen molar-refractivity contribution in [2.24, 2.45) is 0 Å². The highest BCUT2D eigenvalue weighted by Gasteiger charge is 2.34. The second kappa shape index (κ2) is 10.1. The molecule has 3 aromatic carbocycles. The normalized spacial score (nSPS) is 18.5. The molecule has 0 aliphatic carbocycles. The van der Waals surface area contributed by atoms with Crippen LogP contribution in [0.3, 0.4) is 0 Å². The SMILES string of the molecule is O=S(=O)(c1cccc(C(F)(F)F)c1)N1CCOc2c(cc(-c3nc4ccccc4s3)cc2OC2CCOC2)C1. The van der Waals surface area contributed by atoms with Gasteiger partial charge in [-0.15, -0.1) is 11.3 Å². The number of sulfonamides is 1. The summed E-state index contributed by atoms with van der Waals surface area (Å²) in [5.41, 5.74) is 1.08. The van der Waals surface area contributed by atoms with E-state index in [4.69, 9.17) is 19.2 Å². The van der Waals surface area contributed by atoms with E-state index in [0.29, 0.717) is 42.8 Å². The zero-order chi connectivity index (χ0) is 27.2. The van der Waals surface area contributed by atoms with Gasteiger partial charge in [0.15, 0.2) is 11.5 Å². The molecule has 6 rings (SSSR count). The smallest absolute Gasteiger partial charge is 0.416 e. The number of fused-ring (bicyclic) bond motifs is 2. The number of ether oxygens (including phenoxy) is 3. The van der Waals surface area contributed by atoms with E-state index < -0.39 is 26.7 Å². The van der Waals surface area contributed by atoms with Crippen LogP contribution in [0.2, 0.25) is 0 Å². The minimum Gasteiger partial charge on any atom is -0.488 e. The first kappa shape index (κ1) is 26.1. The number of nitrogens with zero attached hydrogens (tertiary/aromatic N) is 2. The van der Waals surface area contributed by atoms with E-state index in [9.17, 15) is 21.6 Å². The van der Waals surface area contributed by atoms with Crippen molar-refractivity contribution < 1.29 is 35.8 Å². The number of hydrogen-bond acceptors (Lipinski definition) is 7. The number of para-hydroxylation sites is 1. The van der Waals surface area contributed by atoms with Crippen LogP contribution in [0, 0.1) is 0 Å². The Morgan fingerprint density at radius 3 is 2.67 bits per heavy atom. The molecule has 0 N–H and O–H groups in total. The number of alkyl halides is 3. The molecule has 1 saturated heterocycles. The van der Waals surface area contributed by atoms with Crippen LogP contribution in [-0.4, -0.2) is 50.2 Å². The number of aromatic nitrogens is 1. The Bertz CT molecular complexity index is 1600. The summed E-state index contributed by atoms with van der Waals surface area (Å²) in [4.78, 5) is 4.31. The average Bonchev–Trinajstić information content (AvgIpc) is 3.53. The van der Waals surface area contributed by atoms with Crippen molar-refractivity contribution in [3.8, 4) is 22.1 Å². The third kappa shape index (κ3) is 5.21. The summed E-state index contributed by atoms with van der Waals surface area (Å²) in [5.74, 6) is 0.865. The van der Waals surface area contributed by atoms with Crippen LogP contribution in [0.15, 0.2) is 65.6 Å². The fraction of sp³-hybridized carbons (Fsp3) is 0.296. The van der Waals surface area contributed by atoms with Gasteiger partial charge in [-0.2, -0.15) is 17.5 Å². The van der Waals surface area contributed by atoms with E-state index in [1.54, 1.807) is 0 Å². The van der Waals surface area contributed by atoms with Crippen molar-refractivity contribution in [2.75, 3.05) is 26.4 Å². The molecule has 4 aromatic rings. The van der Waals surface area contributed by atoms with Crippen molar-refractivity contribution in [3.05, 3.63) is 71.8 Å². The molecule has 204 valence electrons. The number of halogens is 3. The first-order valence-corrected chi connectivity index (χ1v) is 14.5. The molecule has 0 radical (unpaired) electrons. The second-order valence-corrected chi connectivity index (χ2v) is 12.2. The molecule has 39 heavy (non-hydrogen) atoms. The van der Waals surface area contributed by atoms with Crippen molar-refractivity contribution >= 4 is 31.6 Å². The van der Waals surface area contributed by atoms with E-state index in [1.807, 2.05) is 36.4 Å². The molecule has 1 atom stereocenters. The largest absolute Gasteiger partial charge is 0.488 e. The lowest BCUT2D eigenvalue weighted by molar-refractivity contribution is -0.137. The molecule has 1 aromatic heterocycles. The Balaban J connectivity index is 1.41. The second-order valence-electron chi connectivity index (χ2n) is 9.27. The van der Waals surface area contributed by atoms with Gasteiger partial charge in [-0.05, 0) is 42.5 Å². The van der Waals surface area contributed by atoms with Crippen molar-refractivity contribution in [1.29, 1.82) is 0 Å². The Labute approximate surface area is 226 Å². The van der Waals surface area contributed by atoms with Gasteiger partial charge in [0.05, 0.1) is 33.9 Å². The van der Waals surface area contributed by atoms with Crippen molar-refractivity contribution in [2.45, 2.75) is 30.1 Å². The minimum absolute atomic E-state index is 0.00318. The van der Waals surface area contributed by atoms with Crippen LogP contribution in [0.4, 0.5) is 13.2 Å². The zero-order valence-corrected chi connectivity index (χ0v) is 22.1. The van der Waals surface area contributed by atoms with Gasteiger partial charge >= 0.3 is 6.18 Å². The maximum atomic E-state index is 13.5. The van der Waals surface area contributed by atoms with Crippen molar-refractivity contribution in [3.63, 3.8) is 0 Å². The van der Waals surface area contributed by atoms with Gasteiger partial charge in [-0.3, -0.25) is 0 Å². The van der Waals surface area contributed by atoms with Gasteiger partial charge < -0.3 is 14.2 Å². The predicted molar refractivity (Wildman–Crippen MR) is 139 cm³/mol. The lowest BCUT2D eigenvalue weighted by atomic mass is 10.1. The maximum Gasteiger partial charge on any atom is 0.416 e. The van der Waals surface area contributed by atoms with Gasteiger partial charge in [0.1, 0.15) is 17.7 Å². The first-order chi connectivity index (χ1) is 18.7. The van der Waals surface area contributed by atoms with E-state index >= 15 is 0 Å². The molecule has 12 heteroatoms. The molecule has 0 amide bonds. The molecule has 7 nitrogen and oxygen atoms in total. The van der Waals surface area contributed by atoms with Gasteiger partial charge in [0.2, 0.25) is 10.0 Å². The summed E-state index contributed by atoms with van der Waals surface area (Å²) in [6.07, 6.45) is -4.14. The quantitative estimate of drug-likeness (QED) is 0.302. The van der Waals surface area contributed by atoms with E-state index in [1.165, 1.54) is 17.4 Å². The van der Waals surface area contributed by atoms with Gasteiger partial charge in [-0.1, -0.05) is 18.2 Å². The van der Waals surface area contributed by atoms with E-state index in [2.05, 4.69) is 0 Å². The van der Waals surface area contributed by atoms with Crippen LogP contribution in [0.5, 0.6) is 11.5 Å². The molecule has 0 bridgehead atoms. The summed E-state index contributed by atoms with van der Waals surface area (Å²) in [6, 6.07) is 15.1. The van der Waals surface area contributed by atoms with Crippen LogP contribution in [0.25, 0.3) is 20.8 Å². The Morgan fingerprint density at radius 1 is 1.05 bits per heavy atom. The Kier molecular flexibility index (Phi) is 6.74. The highest BCUT2D eigenvalue weighted by atomic mass is 32.2. The molecule has 1 fully saturated rings. The zero-order valence-electron chi connectivity index (χ0n) is 20.5. The third-order valence-corrected chi connectivity index (χ3v) is 9.51. The first-order valence-electron chi connectivity index (χ1n) is 12.3. The number of hydrogen-bond donors (Lipinski definition) is 0. The summed E-state index contributed by atoms with van der Waals surface area (Å²) < 4.78 is 86.8. The molecule has 2 aliphatic heterocycles. The van der Waals surface area contributed by atoms with Gasteiger partial charge in [-0.25, -0.2) is 13.4 Å². The molecular formula is C27H23F3N2O5S2. The fourth-order valence-corrected chi connectivity index (χ4v) is 7.04. The summed E-state index contributed by atoms with van der Waals surface area (Å²) >= 11 is 1.49. The summed E-state index contributed by atoms with van der Waals surface area (Å²) in [6.45, 7) is 0.855. The molecular weight excluding hydrogens is 553 g/mol. The van der Waals surface area contributed by atoms with E-state index in [-0.39, 0.29) is 25.8 Å². The van der Waals surface area contributed by atoms with Crippen molar-refractivity contribution in [1.82, 2.24) is 9.29 Å². The van der Waals surface area contributed by atoms with E-state index in [0.717, 1.165) is 37.2 Å².